The van der Waals surface area contributed by atoms with E-state index in [1.165, 1.54) is 6.07 Å². The Morgan fingerprint density at radius 1 is 1.31 bits per heavy atom. The van der Waals surface area contributed by atoms with Crippen molar-refractivity contribution < 1.29 is 10.2 Å². The number of nitrogens with one attached hydrogen (secondary N) is 2. The quantitative estimate of drug-likeness (QED) is 0.593. The molecule has 2 aromatic rings. The number of H-pyrrole nitrogens is 1. The van der Waals surface area contributed by atoms with Crippen molar-refractivity contribution in [3.63, 3.8) is 0 Å². The largest absolute Gasteiger partial charge is 0.508 e. The van der Waals surface area contributed by atoms with Crippen LogP contribution in [-0.2, 0) is 6.42 Å². The van der Waals surface area contributed by atoms with Crippen molar-refractivity contribution in [1.82, 2.24) is 10.3 Å². The summed E-state index contributed by atoms with van der Waals surface area (Å²) in [5.41, 5.74) is 1.78. The average Bonchev–Trinajstić information content (AvgIpc) is 2.62. The minimum absolute atomic E-state index is 0.0877. The van der Waals surface area contributed by atoms with Gasteiger partial charge in [-0.2, -0.15) is 0 Å². The first kappa shape index (κ1) is 10.8. The molecule has 0 unspecified atom stereocenters. The SMILES string of the molecule is CCNCCc1c[nH]c2c(O)cc(O)cc12. The van der Waals surface area contributed by atoms with Gasteiger partial charge in [0.25, 0.3) is 0 Å². The molecule has 0 atom stereocenters. The van der Waals surface area contributed by atoms with Crippen LogP contribution in [0.3, 0.4) is 0 Å². The van der Waals surface area contributed by atoms with Crippen LogP contribution in [0.5, 0.6) is 11.5 Å². The van der Waals surface area contributed by atoms with Gasteiger partial charge in [0.2, 0.25) is 0 Å². The van der Waals surface area contributed by atoms with Gasteiger partial charge in [0.05, 0.1) is 5.52 Å². The van der Waals surface area contributed by atoms with Crippen LogP contribution < -0.4 is 5.32 Å². The number of fused-ring (bicyclic) bond motifs is 1. The minimum Gasteiger partial charge on any atom is -0.508 e. The summed E-state index contributed by atoms with van der Waals surface area (Å²) in [5, 5.41) is 23.2. The maximum absolute atomic E-state index is 9.63. The zero-order chi connectivity index (χ0) is 11.5. The van der Waals surface area contributed by atoms with Gasteiger partial charge in [0, 0.05) is 17.6 Å². The number of rotatable bonds is 4. The maximum atomic E-state index is 9.63. The topological polar surface area (TPSA) is 68.3 Å². The Morgan fingerprint density at radius 3 is 2.88 bits per heavy atom. The van der Waals surface area contributed by atoms with Gasteiger partial charge in [-0.05, 0) is 31.1 Å². The van der Waals surface area contributed by atoms with E-state index >= 15 is 0 Å². The molecule has 0 aliphatic carbocycles. The molecular formula is C12H16N2O2. The molecule has 4 N–H and O–H groups in total. The standard InChI is InChI=1S/C12H16N2O2/c1-2-13-4-3-8-7-14-12-10(8)5-9(15)6-11(12)16/h5-7,13-16H,2-4H2,1H3. The molecule has 0 radical (unpaired) electrons. The molecule has 2 rings (SSSR count). The summed E-state index contributed by atoms with van der Waals surface area (Å²) in [6.07, 6.45) is 2.75. The number of phenols is 2. The van der Waals surface area contributed by atoms with Crippen molar-refractivity contribution in [2.45, 2.75) is 13.3 Å². The van der Waals surface area contributed by atoms with Crippen LogP contribution in [0.4, 0.5) is 0 Å². The number of hydrogen-bond donors (Lipinski definition) is 4. The van der Waals surface area contributed by atoms with E-state index in [1.54, 1.807) is 6.07 Å². The van der Waals surface area contributed by atoms with Crippen molar-refractivity contribution in [3.05, 3.63) is 23.9 Å². The smallest absolute Gasteiger partial charge is 0.143 e. The van der Waals surface area contributed by atoms with Crippen molar-refractivity contribution in [2.75, 3.05) is 13.1 Å². The summed E-state index contributed by atoms with van der Waals surface area (Å²) < 4.78 is 0. The second-order valence-electron chi connectivity index (χ2n) is 3.80. The van der Waals surface area contributed by atoms with Gasteiger partial charge < -0.3 is 20.5 Å². The highest BCUT2D eigenvalue weighted by molar-refractivity contribution is 5.89. The molecule has 0 bridgehead atoms. The molecule has 0 fully saturated rings. The third kappa shape index (κ3) is 1.97. The molecule has 1 aromatic carbocycles. The summed E-state index contributed by atoms with van der Waals surface area (Å²) in [6, 6.07) is 3.01. The van der Waals surface area contributed by atoms with E-state index in [2.05, 4.69) is 17.2 Å². The Balaban J connectivity index is 2.32. The van der Waals surface area contributed by atoms with Gasteiger partial charge in [-0.25, -0.2) is 0 Å². The third-order valence-corrected chi connectivity index (χ3v) is 2.66. The van der Waals surface area contributed by atoms with Gasteiger partial charge in [0.1, 0.15) is 11.5 Å². The molecular weight excluding hydrogens is 204 g/mol. The fourth-order valence-electron chi connectivity index (χ4n) is 1.86. The molecule has 86 valence electrons. The Labute approximate surface area is 93.9 Å². The number of aromatic hydroxyl groups is 2. The van der Waals surface area contributed by atoms with Crippen LogP contribution in [-0.4, -0.2) is 28.3 Å². The zero-order valence-corrected chi connectivity index (χ0v) is 9.25. The van der Waals surface area contributed by atoms with E-state index in [0.29, 0.717) is 5.52 Å². The first-order chi connectivity index (χ1) is 7.72. The van der Waals surface area contributed by atoms with E-state index < -0.39 is 0 Å². The Hall–Kier alpha value is -1.68. The van der Waals surface area contributed by atoms with Gasteiger partial charge in [-0.15, -0.1) is 0 Å². The number of benzene rings is 1. The number of aromatic nitrogens is 1. The normalized spacial score (nSPS) is 11.1. The monoisotopic (exact) mass is 220 g/mol. The average molecular weight is 220 g/mol. The second kappa shape index (κ2) is 4.45. The fraction of sp³-hybridized carbons (Fsp3) is 0.333. The predicted octanol–water partition coefficient (Wildman–Crippen LogP) is 1.73. The van der Waals surface area contributed by atoms with Gasteiger partial charge in [0.15, 0.2) is 0 Å². The first-order valence-corrected chi connectivity index (χ1v) is 5.45. The molecule has 4 heteroatoms. The van der Waals surface area contributed by atoms with E-state index in [4.69, 9.17) is 0 Å². The molecule has 0 amide bonds. The molecule has 0 aliphatic heterocycles. The van der Waals surface area contributed by atoms with Crippen LogP contribution in [0.15, 0.2) is 18.3 Å². The summed E-state index contributed by atoms with van der Waals surface area (Å²) in [5.74, 6) is 0.180. The lowest BCUT2D eigenvalue weighted by molar-refractivity contribution is 0.454. The van der Waals surface area contributed by atoms with Crippen LogP contribution >= 0.6 is 0 Å². The molecule has 0 aliphatic rings. The highest BCUT2D eigenvalue weighted by atomic mass is 16.3. The lowest BCUT2D eigenvalue weighted by Gasteiger charge is -2.02. The fourth-order valence-corrected chi connectivity index (χ4v) is 1.86. The van der Waals surface area contributed by atoms with E-state index in [9.17, 15) is 10.2 Å². The number of phenolic OH excluding ortho intramolecular Hbond substituents is 2. The van der Waals surface area contributed by atoms with E-state index in [0.717, 1.165) is 30.5 Å². The highest BCUT2D eigenvalue weighted by Crippen LogP contribution is 2.31. The number of aromatic amines is 1. The van der Waals surface area contributed by atoms with E-state index in [-0.39, 0.29) is 11.5 Å². The Bertz CT molecular complexity index is 491. The summed E-state index contributed by atoms with van der Waals surface area (Å²) in [4.78, 5) is 3.02. The van der Waals surface area contributed by atoms with Crippen LogP contribution in [0.1, 0.15) is 12.5 Å². The van der Waals surface area contributed by atoms with Crippen molar-refractivity contribution >= 4 is 10.9 Å². The molecule has 16 heavy (non-hydrogen) atoms. The lowest BCUT2D eigenvalue weighted by atomic mass is 10.1. The molecule has 0 saturated heterocycles. The Morgan fingerprint density at radius 2 is 2.12 bits per heavy atom. The predicted molar refractivity (Wildman–Crippen MR) is 63.9 cm³/mol. The van der Waals surface area contributed by atoms with Gasteiger partial charge in [-0.1, -0.05) is 6.92 Å². The third-order valence-electron chi connectivity index (χ3n) is 2.66. The summed E-state index contributed by atoms with van der Waals surface area (Å²) in [6.45, 7) is 3.89. The molecule has 0 spiro atoms. The highest BCUT2D eigenvalue weighted by Gasteiger charge is 2.08. The van der Waals surface area contributed by atoms with Gasteiger partial charge >= 0.3 is 0 Å². The zero-order valence-electron chi connectivity index (χ0n) is 9.25. The van der Waals surface area contributed by atoms with E-state index in [1.807, 2.05) is 6.20 Å². The van der Waals surface area contributed by atoms with Crippen molar-refractivity contribution in [3.8, 4) is 11.5 Å². The van der Waals surface area contributed by atoms with Crippen LogP contribution in [0.2, 0.25) is 0 Å². The summed E-state index contributed by atoms with van der Waals surface area (Å²) >= 11 is 0. The maximum Gasteiger partial charge on any atom is 0.143 e. The molecule has 0 saturated carbocycles. The van der Waals surface area contributed by atoms with Crippen LogP contribution in [0, 0.1) is 0 Å². The van der Waals surface area contributed by atoms with Crippen molar-refractivity contribution in [2.24, 2.45) is 0 Å². The van der Waals surface area contributed by atoms with Crippen molar-refractivity contribution in [1.29, 1.82) is 0 Å². The van der Waals surface area contributed by atoms with Gasteiger partial charge in [-0.3, -0.25) is 0 Å². The Kier molecular flexibility index (Phi) is 3.01. The molecule has 1 heterocycles. The number of hydrogen-bond acceptors (Lipinski definition) is 3. The molecule has 4 nitrogen and oxygen atoms in total. The second-order valence-corrected chi connectivity index (χ2v) is 3.80. The van der Waals surface area contributed by atoms with Crippen LogP contribution in [0.25, 0.3) is 10.9 Å². The lowest BCUT2D eigenvalue weighted by Crippen LogP contribution is -2.15. The summed E-state index contributed by atoms with van der Waals surface area (Å²) in [7, 11) is 0. The minimum atomic E-state index is 0.0877. The first-order valence-electron chi connectivity index (χ1n) is 5.45. The molecule has 1 aromatic heterocycles. The number of likely N-dealkylation sites (N-methyl/N-ethyl adjacent to an activating group) is 1.